The highest BCUT2D eigenvalue weighted by Gasteiger charge is 2.14. The summed E-state index contributed by atoms with van der Waals surface area (Å²) >= 11 is 0. The average molecular weight is 479 g/mol. The van der Waals surface area contributed by atoms with Crippen LogP contribution in [0.3, 0.4) is 0 Å². The van der Waals surface area contributed by atoms with Crippen LogP contribution in [0.4, 0.5) is 11.5 Å². The lowest BCUT2D eigenvalue weighted by Crippen LogP contribution is -2.32. The fourth-order valence-electron chi connectivity index (χ4n) is 2.90. The zero-order valence-corrected chi connectivity index (χ0v) is 19.5. The first-order chi connectivity index (χ1) is 16.0. The van der Waals surface area contributed by atoms with Crippen molar-refractivity contribution in [2.45, 2.75) is 13.8 Å². The molecule has 3 rings (SSSR count). The zero-order chi connectivity index (χ0) is 24.9. The van der Waals surface area contributed by atoms with Gasteiger partial charge in [0.05, 0.1) is 32.5 Å². The van der Waals surface area contributed by atoms with Crippen molar-refractivity contribution in [1.29, 1.82) is 0 Å². The first kappa shape index (κ1) is 24.3. The molecule has 174 valence electrons. The molecule has 0 fully saturated rings. The highest BCUT2D eigenvalue weighted by Crippen LogP contribution is 2.15. The van der Waals surface area contributed by atoms with Gasteiger partial charge in [-0.05, 0) is 44.2 Å². The summed E-state index contributed by atoms with van der Waals surface area (Å²) in [5.41, 5.74) is 8.08. The van der Waals surface area contributed by atoms with Gasteiger partial charge in [-0.3, -0.25) is 19.1 Å². The lowest BCUT2D eigenvalue weighted by atomic mass is 10.1. The molecule has 2 amide bonds. The SMILES string of the molecule is CC(=O)C=S(C)(=O)NC(=O)c1cnc(N)c(C#Cc2cccc(NC(=O)c3occc3C)c2)c1. The van der Waals surface area contributed by atoms with E-state index in [-0.39, 0.29) is 28.6 Å². The van der Waals surface area contributed by atoms with Gasteiger partial charge >= 0.3 is 0 Å². The molecule has 0 aliphatic carbocycles. The lowest BCUT2D eigenvalue weighted by Gasteiger charge is -2.08. The minimum absolute atomic E-state index is 0.0832. The molecular weight excluding hydrogens is 456 g/mol. The van der Waals surface area contributed by atoms with Crippen LogP contribution in [-0.2, 0) is 14.5 Å². The molecule has 2 heterocycles. The van der Waals surface area contributed by atoms with Crippen LogP contribution in [0.15, 0.2) is 53.3 Å². The minimum atomic E-state index is -3.00. The second kappa shape index (κ2) is 10.1. The Morgan fingerprint density at radius 1 is 1.15 bits per heavy atom. The first-order valence-electron chi connectivity index (χ1n) is 9.94. The fourth-order valence-corrected chi connectivity index (χ4v) is 4.07. The Labute approximate surface area is 196 Å². The standard InChI is InChI=1S/C24H22N4O5S/c1-15-9-10-33-21(15)24(31)27-20-6-4-5-17(11-20)7-8-18-12-19(13-26-22(18)25)23(30)28-34(3,32)14-16(2)29/h4-6,9-14H,1-3H3,(H2,25,26)(H,27,31)(H,28,30,32). The second-order valence-electron chi connectivity index (χ2n) is 7.44. The Hall–Kier alpha value is -4.36. The third-order valence-electron chi connectivity index (χ3n) is 4.40. The summed E-state index contributed by atoms with van der Waals surface area (Å²) in [5, 5.41) is 3.70. The van der Waals surface area contributed by atoms with Gasteiger partial charge in [0.15, 0.2) is 11.5 Å². The first-order valence-corrected chi connectivity index (χ1v) is 12.0. The number of benzene rings is 1. The Morgan fingerprint density at radius 3 is 2.59 bits per heavy atom. The highest BCUT2D eigenvalue weighted by atomic mass is 32.2. The number of nitrogens with one attached hydrogen (secondary N) is 2. The number of carbonyl (C=O) groups excluding carboxylic acids is 3. The van der Waals surface area contributed by atoms with Gasteiger partial charge in [0.2, 0.25) is 0 Å². The van der Waals surface area contributed by atoms with Crippen LogP contribution < -0.4 is 15.8 Å². The van der Waals surface area contributed by atoms with Crippen molar-refractivity contribution in [2.75, 3.05) is 17.3 Å². The molecule has 4 N–H and O–H groups in total. The second-order valence-corrected chi connectivity index (χ2v) is 9.69. The van der Waals surface area contributed by atoms with E-state index in [1.807, 2.05) is 0 Å². The zero-order valence-electron chi connectivity index (χ0n) is 18.7. The molecule has 2 aromatic heterocycles. The number of amides is 2. The molecule has 0 saturated heterocycles. The summed E-state index contributed by atoms with van der Waals surface area (Å²) in [6, 6.07) is 9.97. The number of nitrogen functional groups attached to an aromatic ring is 1. The monoisotopic (exact) mass is 478 g/mol. The van der Waals surface area contributed by atoms with E-state index in [4.69, 9.17) is 10.2 Å². The number of hydrogen-bond acceptors (Lipinski definition) is 7. The number of pyridine rings is 1. The largest absolute Gasteiger partial charge is 0.459 e. The molecule has 0 radical (unpaired) electrons. The van der Waals surface area contributed by atoms with Crippen molar-refractivity contribution in [3.8, 4) is 11.8 Å². The van der Waals surface area contributed by atoms with Gasteiger partial charge in [-0.1, -0.05) is 17.9 Å². The van der Waals surface area contributed by atoms with Gasteiger partial charge in [0.25, 0.3) is 11.8 Å². The lowest BCUT2D eigenvalue weighted by molar-refractivity contribution is -0.110. The van der Waals surface area contributed by atoms with Crippen molar-refractivity contribution in [3.63, 3.8) is 0 Å². The van der Waals surface area contributed by atoms with Crippen LogP contribution in [-0.4, -0.2) is 38.4 Å². The molecular formula is C24H22N4O5S. The normalized spacial score (nSPS) is 12.0. The maximum absolute atomic E-state index is 12.4. The van der Waals surface area contributed by atoms with Crippen LogP contribution in [0.25, 0.3) is 0 Å². The van der Waals surface area contributed by atoms with Gasteiger partial charge in [0, 0.05) is 29.3 Å². The van der Waals surface area contributed by atoms with E-state index >= 15 is 0 Å². The number of rotatable bonds is 5. The molecule has 34 heavy (non-hydrogen) atoms. The van der Waals surface area contributed by atoms with E-state index in [0.29, 0.717) is 11.3 Å². The number of carbonyl (C=O) groups is 3. The Bertz CT molecular complexity index is 1470. The molecule has 1 atom stereocenters. The van der Waals surface area contributed by atoms with Crippen molar-refractivity contribution in [2.24, 2.45) is 0 Å². The van der Waals surface area contributed by atoms with Crippen LogP contribution in [0.1, 0.15) is 44.5 Å². The number of hydrogen-bond donors (Lipinski definition) is 3. The topological polar surface area (TPSA) is 144 Å². The maximum atomic E-state index is 12.4. The average Bonchev–Trinajstić information content (AvgIpc) is 3.18. The smallest absolute Gasteiger partial charge is 0.291 e. The van der Waals surface area contributed by atoms with Crippen LogP contribution in [0.5, 0.6) is 0 Å². The number of aromatic nitrogens is 1. The minimum Gasteiger partial charge on any atom is -0.459 e. The number of furan rings is 1. The van der Waals surface area contributed by atoms with Gasteiger partial charge in [0.1, 0.15) is 5.82 Å². The van der Waals surface area contributed by atoms with E-state index in [0.717, 1.165) is 10.9 Å². The predicted molar refractivity (Wildman–Crippen MR) is 131 cm³/mol. The number of nitrogens with zero attached hydrogens (tertiary/aromatic N) is 1. The molecule has 1 unspecified atom stereocenters. The molecule has 0 saturated carbocycles. The molecule has 0 aliphatic heterocycles. The third kappa shape index (κ3) is 6.34. The van der Waals surface area contributed by atoms with Crippen molar-refractivity contribution >= 4 is 44.2 Å². The van der Waals surface area contributed by atoms with Crippen molar-refractivity contribution < 1.29 is 23.0 Å². The summed E-state index contributed by atoms with van der Waals surface area (Å²) in [4.78, 5) is 40.0. The van der Waals surface area contributed by atoms with Gasteiger partial charge in [-0.15, -0.1) is 0 Å². The van der Waals surface area contributed by atoms with E-state index in [1.165, 1.54) is 31.7 Å². The summed E-state index contributed by atoms with van der Waals surface area (Å²) in [7, 11) is -3.00. The molecule has 10 heteroatoms. The van der Waals surface area contributed by atoms with Crippen molar-refractivity contribution in [1.82, 2.24) is 9.71 Å². The molecule has 9 nitrogen and oxygen atoms in total. The van der Waals surface area contributed by atoms with Gasteiger partial charge in [-0.25, -0.2) is 9.19 Å². The Balaban J connectivity index is 1.81. The van der Waals surface area contributed by atoms with E-state index < -0.39 is 21.4 Å². The Morgan fingerprint density at radius 2 is 1.91 bits per heavy atom. The summed E-state index contributed by atoms with van der Waals surface area (Å²) in [6.07, 6.45) is 3.92. The molecule has 0 spiro atoms. The highest BCUT2D eigenvalue weighted by molar-refractivity contribution is 8.00. The van der Waals surface area contributed by atoms with Crippen LogP contribution in [0, 0.1) is 18.8 Å². The van der Waals surface area contributed by atoms with E-state index in [1.54, 1.807) is 37.3 Å². The summed E-state index contributed by atoms with van der Waals surface area (Å²) in [5.74, 6) is 4.62. The quantitative estimate of drug-likeness (QED) is 0.376. The fraction of sp³-hybridized carbons (Fsp3) is 0.125. The number of Topliss-reactive ketones (excluding diaryl/α,β-unsaturated/α-hetero) is 1. The summed E-state index contributed by atoms with van der Waals surface area (Å²) < 4.78 is 19.8. The number of anilines is 2. The van der Waals surface area contributed by atoms with Crippen molar-refractivity contribution in [3.05, 3.63) is 76.9 Å². The molecule has 0 aliphatic rings. The number of ketones is 1. The number of nitrogens with two attached hydrogens (primary N) is 1. The van der Waals surface area contributed by atoms with Gasteiger partial charge in [-0.2, -0.15) is 0 Å². The number of aryl methyl sites for hydroxylation is 1. The third-order valence-corrected chi connectivity index (χ3v) is 5.77. The van der Waals surface area contributed by atoms with Gasteiger partial charge < -0.3 is 15.5 Å². The Kier molecular flexibility index (Phi) is 7.18. The predicted octanol–water partition coefficient (Wildman–Crippen LogP) is 2.17. The van der Waals surface area contributed by atoms with E-state index in [9.17, 15) is 18.6 Å². The molecule has 3 aromatic rings. The van der Waals surface area contributed by atoms with E-state index in [2.05, 4.69) is 26.9 Å². The maximum Gasteiger partial charge on any atom is 0.291 e. The molecule has 1 aromatic carbocycles. The molecule has 0 bridgehead atoms. The summed E-state index contributed by atoms with van der Waals surface area (Å²) in [6.45, 7) is 3.01. The van der Waals surface area contributed by atoms with Crippen LogP contribution >= 0.6 is 0 Å². The van der Waals surface area contributed by atoms with Crippen LogP contribution in [0.2, 0.25) is 0 Å².